The highest BCUT2D eigenvalue weighted by molar-refractivity contribution is 9.10. The van der Waals surface area contributed by atoms with E-state index in [1.54, 1.807) is 31.2 Å². The minimum Gasteiger partial charge on any atom is -0.487 e. The van der Waals surface area contributed by atoms with Gasteiger partial charge in [0.25, 0.3) is 0 Å². The van der Waals surface area contributed by atoms with Crippen LogP contribution in [-0.2, 0) is 25.3 Å². The number of benzene rings is 2. The highest BCUT2D eigenvalue weighted by atomic mass is 79.9. The van der Waals surface area contributed by atoms with E-state index in [0.717, 1.165) is 35.7 Å². The molecule has 6 nitrogen and oxygen atoms in total. The number of rotatable bonds is 16. The number of carbonyl (C=O) groups excluding carboxylic acids is 1. The van der Waals surface area contributed by atoms with Gasteiger partial charge in [-0.05, 0) is 80.4 Å². The van der Waals surface area contributed by atoms with Crippen molar-refractivity contribution in [2.75, 3.05) is 13.7 Å². The minimum atomic E-state index is -2.13. The van der Waals surface area contributed by atoms with E-state index >= 15 is 0 Å². The molecule has 1 fully saturated rings. The molecule has 3 rings (SSSR count). The van der Waals surface area contributed by atoms with Gasteiger partial charge in [-0.2, -0.15) is 0 Å². The highest BCUT2D eigenvalue weighted by Gasteiger charge is 2.48. The molecule has 1 saturated carbocycles. The smallest absolute Gasteiger partial charge is 0.305 e. The van der Waals surface area contributed by atoms with E-state index in [0.29, 0.717) is 13.0 Å². The predicted molar refractivity (Wildman–Crippen MR) is 188 cm³/mol. The summed E-state index contributed by atoms with van der Waals surface area (Å²) in [7, 11) is -0.717. The van der Waals surface area contributed by atoms with Crippen molar-refractivity contribution >= 4 is 30.2 Å². The number of carbonyl (C=O) groups is 1. The molecular formula is C37H52BrFO6Si. The average Bonchev–Trinajstić information content (AvgIpc) is 3.31. The van der Waals surface area contributed by atoms with Gasteiger partial charge >= 0.3 is 5.97 Å². The van der Waals surface area contributed by atoms with Gasteiger partial charge in [-0.15, -0.1) is 0 Å². The molecule has 0 saturated heterocycles. The Morgan fingerprint density at radius 1 is 1.07 bits per heavy atom. The second-order valence-electron chi connectivity index (χ2n) is 13.9. The fraction of sp³-hybridized carbons (Fsp3) is 0.541. The van der Waals surface area contributed by atoms with Crippen LogP contribution in [-0.4, -0.2) is 50.9 Å². The van der Waals surface area contributed by atoms with E-state index in [2.05, 4.69) is 61.9 Å². The lowest BCUT2D eigenvalue weighted by molar-refractivity contribution is -0.140. The third kappa shape index (κ3) is 11.4. The molecule has 0 aliphatic heterocycles. The number of allylic oxidation sites excluding steroid dienone is 2. The normalized spacial score (nSPS) is 22.0. The number of ether oxygens (including phenoxy) is 3. The second kappa shape index (κ2) is 17.2. The van der Waals surface area contributed by atoms with E-state index in [1.807, 2.05) is 30.3 Å². The molecule has 0 bridgehead atoms. The van der Waals surface area contributed by atoms with E-state index in [9.17, 15) is 14.3 Å². The number of aliphatic hydroxyl groups is 1. The van der Waals surface area contributed by atoms with E-state index in [4.69, 9.17) is 18.6 Å². The summed E-state index contributed by atoms with van der Waals surface area (Å²) >= 11 is 3.65. The van der Waals surface area contributed by atoms with Gasteiger partial charge in [0, 0.05) is 16.8 Å². The molecule has 0 radical (unpaired) electrons. The lowest BCUT2D eigenvalue weighted by Crippen LogP contribution is -2.45. The van der Waals surface area contributed by atoms with Crippen LogP contribution in [0, 0.1) is 17.7 Å². The second-order valence-corrected chi connectivity index (χ2v) is 19.6. The van der Waals surface area contributed by atoms with E-state index in [1.165, 1.54) is 13.2 Å². The number of hydrogen-bond donors (Lipinski definition) is 1. The number of hydrogen-bond acceptors (Lipinski definition) is 6. The van der Waals surface area contributed by atoms with Gasteiger partial charge in [0.05, 0.1) is 25.9 Å². The summed E-state index contributed by atoms with van der Waals surface area (Å²) in [6, 6.07) is 14.2. The molecule has 2 aromatic carbocycles. The quantitative estimate of drug-likeness (QED) is 0.0808. The molecule has 5 atom stereocenters. The zero-order valence-electron chi connectivity index (χ0n) is 28.4. The van der Waals surface area contributed by atoms with Crippen molar-refractivity contribution in [3.05, 3.63) is 88.7 Å². The highest BCUT2D eigenvalue weighted by Crippen LogP contribution is 2.45. The molecule has 0 aromatic heterocycles. The van der Waals surface area contributed by atoms with Gasteiger partial charge in [0.1, 0.15) is 12.2 Å². The van der Waals surface area contributed by atoms with Crippen molar-refractivity contribution in [1.29, 1.82) is 0 Å². The molecule has 1 unspecified atom stereocenters. The Bertz CT molecular complexity index is 1320. The number of para-hydroxylation sites is 1. The zero-order chi connectivity index (χ0) is 34.0. The third-order valence-corrected chi connectivity index (χ3v) is 14.4. The van der Waals surface area contributed by atoms with Crippen LogP contribution in [0.15, 0.2) is 77.3 Å². The first kappa shape index (κ1) is 38.1. The number of methoxy groups -OCH3 is 1. The van der Waals surface area contributed by atoms with Crippen molar-refractivity contribution < 1.29 is 32.9 Å². The minimum absolute atomic E-state index is 0.0359. The topological polar surface area (TPSA) is 74.2 Å². The molecular weight excluding hydrogens is 667 g/mol. The lowest BCUT2D eigenvalue weighted by atomic mass is 9.88. The molecule has 1 aliphatic carbocycles. The molecule has 1 N–H and O–H groups in total. The summed E-state index contributed by atoms with van der Waals surface area (Å²) in [5.41, 5.74) is -0.284. The molecule has 0 amide bonds. The molecule has 0 spiro atoms. The Kier molecular flexibility index (Phi) is 14.3. The van der Waals surface area contributed by atoms with E-state index in [-0.39, 0.29) is 47.4 Å². The van der Waals surface area contributed by atoms with E-state index < -0.39 is 19.7 Å². The maximum atomic E-state index is 14.2. The van der Waals surface area contributed by atoms with Crippen LogP contribution in [0.1, 0.15) is 65.4 Å². The van der Waals surface area contributed by atoms with Crippen LogP contribution in [0.5, 0.6) is 5.75 Å². The molecule has 1 aliphatic rings. The monoisotopic (exact) mass is 718 g/mol. The molecule has 0 heterocycles. The Labute approximate surface area is 284 Å². The van der Waals surface area contributed by atoms with Crippen molar-refractivity contribution in [3.63, 3.8) is 0 Å². The van der Waals surface area contributed by atoms with Crippen LogP contribution in [0.2, 0.25) is 18.1 Å². The summed E-state index contributed by atoms with van der Waals surface area (Å²) in [5, 5.41) is 11.3. The first-order valence-electron chi connectivity index (χ1n) is 16.2. The zero-order valence-corrected chi connectivity index (χ0v) is 31.0. The molecule has 46 heavy (non-hydrogen) atoms. The van der Waals surface area contributed by atoms with Crippen molar-refractivity contribution in [1.82, 2.24) is 0 Å². The van der Waals surface area contributed by atoms with Gasteiger partial charge in [0.2, 0.25) is 0 Å². The Morgan fingerprint density at radius 2 is 1.76 bits per heavy atom. The Morgan fingerprint density at radius 3 is 2.43 bits per heavy atom. The maximum absolute atomic E-state index is 14.2. The largest absolute Gasteiger partial charge is 0.487 e. The van der Waals surface area contributed by atoms with Gasteiger partial charge in [-0.1, -0.05) is 91.3 Å². The lowest BCUT2D eigenvalue weighted by Gasteiger charge is -2.40. The molecule has 9 heteroatoms. The van der Waals surface area contributed by atoms with Crippen LogP contribution in [0.25, 0.3) is 0 Å². The van der Waals surface area contributed by atoms with Crippen LogP contribution in [0.4, 0.5) is 4.39 Å². The third-order valence-electron chi connectivity index (χ3n) is 9.12. The van der Waals surface area contributed by atoms with Gasteiger partial charge in [0.15, 0.2) is 19.9 Å². The van der Waals surface area contributed by atoms with Crippen LogP contribution in [0.3, 0.4) is 0 Å². The predicted octanol–water partition coefficient (Wildman–Crippen LogP) is 9.18. The van der Waals surface area contributed by atoms with Crippen LogP contribution < -0.4 is 4.74 Å². The fourth-order valence-corrected chi connectivity index (χ4v) is 7.11. The summed E-state index contributed by atoms with van der Waals surface area (Å²) in [6.07, 6.45) is 11.3. The number of halogens is 2. The van der Waals surface area contributed by atoms with Crippen LogP contribution >= 0.6 is 15.9 Å². The summed E-state index contributed by atoms with van der Waals surface area (Å²) in [6.45, 7) is 13.3. The van der Waals surface area contributed by atoms with Gasteiger partial charge < -0.3 is 23.7 Å². The first-order chi connectivity index (χ1) is 21.6. The summed E-state index contributed by atoms with van der Waals surface area (Å²) in [4.78, 5) is 11.5. The summed E-state index contributed by atoms with van der Waals surface area (Å²) < 4.78 is 39.3. The fourth-order valence-electron chi connectivity index (χ4n) is 5.33. The van der Waals surface area contributed by atoms with Gasteiger partial charge in [-0.25, -0.2) is 4.39 Å². The average molecular weight is 720 g/mol. The Balaban J connectivity index is 1.88. The standard InChI is InChI=1S/C37H52BrFO6Si/c1-36(2,3)46(6,7)45-34-24-33(43-25-27-16-12-13-18-30(27)38)29(28(34)17-10-8-9-11-21-35(40)42-5)22-23-37(4,41)26-44-32-20-15-14-19-31(32)39/h8,10,12-16,18-20,22-23,28-29,33-34,41H,9,11,17,21,24-26H2,1-7H3/b10-8-,23-22+/t28-,29-,33-,34+,37?/m1/s1. The van der Waals surface area contributed by atoms with Crippen molar-refractivity contribution in [2.24, 2.45) is 11.8 Å². The van der Waals surface area contributed by atoms with Crippen molar-refractivity contribution in [2.45, 2.75) is 102 Å². The van der Waals surface area contributed by atoms with Crippen molar-refractivity contribution in [3.8, 4) is 5.75 Å². The Hall–Kier alpha value is -2.30. The van der Waals surface area contributed by atoms with Gasteiger partial charge in [-0.3, -0.25) is 4.79 Å². The SMILES string of the molecule is COC(=O)CCC/C=C\C[C@@H]1[C@@H](/C=C/C(C)(O)COc2ccccc2F)[C@H](OCc2ccccc2Br)C[C@@H]1O[Si](C)(C)C(C)(C)C. The molecule has 2 aromatic rings. The molecule has 254 valence electrons. The number of unbranched alkanes of at least 4 members (excludes halogenated alkanes) is 1. The first-order valence-corrected chi connectivity index (χ1v) is 19.9. The summed E-state index contributed by atoms with van der Waals surface area (Å²) in [5.74, 6) is -0.535. The number of esters is 1. The maximum Gasteiger partial charge on any atom is 0.305 e.